The van der Waals surface area contributed by atoms with Crippen LogP contribution in [0.25, 0.3) is 0 Å². The second-order valence-corrected chi connectivity index (χ2v) is 4.68. The summed E-state index contributed by atoms with van der Waals surface area (Å²) in [5, 5.41) is 0. The Morgan fingerprint density at radius 1 is 1.57 bits per heavy atom. The third-order valence-electron chi connectivity index (χ3n) is 2.17. The van der Waals surface area contributed by atoms with Crippen molar-refractivity contribution < 1.29 is 9.47 Å². The van der Waals surface area contributed by atoms with E-state index in [-0.39, 0.29) is 6.04 Å². The van der Waals surface area contributed by atoms with Gasteiger partial charge in [0.15, 0.2) is 0 Å². The molecule has 1 heterocycles. The van der Waals surface area contributed by atoms with Crippen LogP contribution < -0.4 is 15.2 Å². The minimum atomic E-state index is -0.0919. The number of halogens is 2. The Bertz CT molecular complexity index is 382. The molecular weight excluding hydrogens is 314 g/mol. The van der Waals surface area contributed by atoms with E-state index in [0.29, 0.717) is 6.61 Å². The first kappa shape index (κ1) is 10.3. The van der Waals surface area contributed by atoms with E-state index in [1.54, 1.807) is 7.11 Å². The molecule has 0 spiro atoms. The molecule has 1 unspecified atom stereocenters. The van der Waals surface area contributed by atoms with Gasteiger partial charge in [0, 0.05) is 5.56 Å². The molecule has 1 aromatic carbocycles. The van der Waals surface area contributed by atoms with Gasteiger partial charge in [-0.05, 0) is 37.9 Å². The van der Waals surface area contributed by atoms with Crippen molar-refractivity contribution in [3.63, 3.8) is 0 Å². The van der Waals surface area contributed by atoms with Crippen LogP contribution in [0.5, 0.6) is 11.5 Å². The highest BCUT2D eigenvalue weighted by Gasteiger charge is 2.28. The lowest BCUT2D eigenvalue weighted by molar-refractivity contribution is 0.331. The average Bonchev–Trinajstić information content (AvgIpc) is 2.54. The summed E-state index contributed by atoms with van der Waals surface area (Å²) in [6, 6.07) is 1.77. The molecule has 76 valence electrons. The van der Waals surface area contributed by atoms with Crippen LogP contribution in [-0.4, -0.2) is 13.7 Å². The highest BCUT2D eigenvalue weighted by molar-refractivity contribution is 9.11. The quantitative estimate of drug-likeness (QED) is 0.864. The van der Waals surface area contributed by atoms with Gasteiger partial charge in [-0.3, -0.25) is 0 Å². The maximum absolute atomic E-state index is 5.91. The smallest absolute Gasteiger partial charge is 0.139 e. The lowest BCUT2D eigenvalue weighted by atomic mass is 10.1. The van der Waals surface area contributed by atoms with Crippen molar-refractivity contribution in [1.82, 2.24) is 0 Å². The summed E-state index contributed by atoms with van der Waals surface area (Å²) >= 11 is 6.88. The monoisotopic (exact) mass is 321 g/mol. The number of rotatable bonds is 1. The molecule has 2 N–H and O–H groups in total. The summed E-state index contributed by atoms with van der Waals surface area (Å²) in [6.07, 6.45) is 0. The Labute approximate surface area is 98.8 Å². The molecule has 0 radical (unpaired) electrons. The van der Waals surface area contributed by atoms with Crippen LogP contribution in [0.15, 0.2) is 15.0 Å². The topological polar surface area (TPSA) is 44.5 Å². The maximum atomic E-state index is 5.91. The Hall–Kier alpha value is -0.260. The molecule has 0 bridgehead atoms. The predicted molar refractivity (Wildman–Crippen MR) is 60.8 cm³/mol. The SMILES string of the molecule is COc1cc(Br)c2c(c1Br)C(N)CO2. The van der Waals surface area contributed by atoms with Gasteiger partial charge >= 0.3 is 0 Å². The van der Waals surface area contributed by atoms with Gasteiger partial charge in [0.1, 0.15) is 18.1 Å². The Balaban J connectivity index is 2.65. The van der Waals surface area contributed by atoms with E-state index < -0.39 is 0 Å². The number of nitrogens with two attached hydrogens (primary N) is 1. The van der Waals surface area contributed by atoms with Gasteiger partial charge in [-0.1, -0.05) is 0 Å². The van der Waals surface area contributed by atoms with Crippen molar-refractivity contribution in [2.75, 3.05) is 13.7 Å². The van der Waals surface area contributed by atoms with Crippen LogP contribution in [0.2, 0.25) is 0 Å². The highest BCUT2D eigenvalue weighted by atomic mass is 79.9. The van der Waals surface area contributed by atoms with Gasteiger partial charge in [0.2, 0.25) is 0 Å². The van der Waals surface area contributed by atoms with E-state index in [1.807, 2.05) is 6.07 Å². The number of hydrogen-bond donors (Lipinski definition) is 1. The third kappa shape index (κ3) is 1.43. The molecule has 14 heavy (non-hydrogen) atoms. The summed E-state index contributed by atoms with van der Waals surface area (Å²) in [5.74, 6) is 1.57. The molecule has 0 saturated heterocycles. The van der Waals surface area contributed by atoms with Crippen molar-refractivity contribution in [3.05, 3.63) is 20.6 Å². The zero-order valence-electron chi connectivity index (χ0n) is 7.51. The number of ether oxygens (including phenoxy) is 2. The fraction of sp³-hybridized carbons (Fsp3) is 0.333. The van der Waals surface area contributed by atoms with Crippen molar-refractivity contribution in [3.8, 4) is 11.5 Å². The fourth-order valence-electron chi connectivity index (χ4n) is 1.49. The van der Waals surface area contributed by atoms with Crippen LogP contribution in [0.3, 0.4) is 0 Å². The minimum absolute atomic E-state index is 0.0919. The van der Waals surface area contributed by atoms with Gasteiger partial charge in [0.25, 0.3) is 0 Å². The predicted octanol–water partition coefficient (Wildman–Crippen LogP) is 2.61. The van der Waals surface area contributed by atoms with E-state index in [9.17, 15) is 0 Å². The van der Waals surface area contributed by atoms with Crippen LogP contribution in [0, 0.1) is 0 Å². The first-order valence-electron chi connectivity index (χ1n) is 4.09. The van der Waals surface area contributed by atoms with Gasteiger partial charge in [0.05, 0.1) is 22.1 Å². The lowest BCUT2D eigenvalue weighted by Crippen LogP contribution is -2.11. The molecule has 1 aliphatic rings. The first-order chi connectivity index (χ1) is 6.65. The van der Waals surface area contributed by atoms with E-state index >= 15 is 0 Å². The number of benzene rings is 1. The highest BCUT2D eigenvalue weighted by Crippen LogP contribution is 2.46. The molecule has 1 aliphatic heterocycles. The van der Waals surface area contributed by atoms with Crippen LogP contribution in [0.4, 0.5) is 0 Å². The molecule has 0 aromatic heterocycles. The van der Waals surface area contributed by atoms with Crippen LogP contribution >= 0.6 is 31.9 Å². The van der Waals surface area contributed by atoms with E-state index in [1.165, 1.54) is 0 Å². The zero-order chi connectivity index (χ0) is 10.3. The molecule has 0 fully saturated rings. The fourth-order valence-corrected chi connectivity index (χ4v) is 2.77. The van der Waals surface area contributed by atoms with E-state index in [0.717, 1.165) is 26.0 Å². The molecule has 3 nitrogen and oxygen atoms in total. The number of methoxy groups -OCH3 is 1. The standard InChI is InChI=1S/C9H9Br2NO2/c1-13-6-2-4(10)9-7(8(6)11)5(12)3-14-9/h2,5H,3,12H2,1H3. The second-order valence-electron chi connectivity index (χ2n) is 3.03. The van der Waals surface area contributed by atoms with Gasteiger partial charge in [-0.2, -0.15) is 0 Å². The molecule has 0 saturated carbocycles. The molecule has 2 rings (SSSR count). The van der Waals surface area contributed by atoms with Gasteiger partial charge in [-0.15, -0.1) is 0 Å². The van der Waals surface area contributed by atoms with Crippen molar-refractivity contribution in [2.24, 2.45) is 5.73 Å². The molecule has 1 atom stereocenters. The minimum Gasteiger partial charge on any atom is -0.496 e. The van der Waals surface area contributed by atoms with Crippen LogP contribution in [0.1, 0.15) is 11.6 Å². The largest absolute Gasteiger partial charge is 0.496 e. The molecule has 0 amide bonds. The van der Waals surface area contributed by atoms with Gasteiger partial charge in [-0.25, -0.2) is 0 Å². The summed E-state index contributed by atoms with van der Waals surface area (Å²) in [4.78, 5) is 0. The first-order valence-corrected chi connectivity index (χ1v) is 5.68. The molecule has 0 aliphatic carbocycles. The van der Waals surface area contributed by atoms with Crippen molar-refractivity contribution >= 4 is 31.9 Å². The Morgan fingerprint density at radius 3 is 2.93 bits per heavy atom. The molecular formula is C9H9Br2NO2. The maximum Gasteiger partial charge on any atom is 0.139 e. The average molecular weight is 323 g/mol. The van der Waals surface area contributed by atoms with E-state index in [2.05, 4.69) is 31.9 Å². The third-order valence-corrected chi connectivity index (χ3v) is 3.58. The Kier molecular flexibility index (Phi) is 2.72. The molecule has 1 aromatic rings. The zero-order valence-corrected chi connectivity index (χ0v) is 10.7. The summed E-state index contributed by atoms with van der Waals surface area (Å²) in [7, 11) is 1.63. The van der Waals surface area contributed by atoms with Crippen molar-refractivity contribution in [2.45, 2.75) is 6.04 Å². The van der Waals surface area contributed by atoms with Gasteiger partial charge < -0.3 is 15.2 Å². The summed E-state index contributed by atoms with van der Waals surface area (Å²) < 4.78 is 12.4. The second kappa shape index (κ2) is 3.72. The normalized spacial score (nSPS) is 19.0. The van der Waals surface area contributed by atoms with Crippen LogP contribution in [-0.2, 0) is 0 Å². The number of fused-ring (bicyclic) bond motifs is 1. The van der Waals surface area contributed by atoms with E-state index in [4.69, 9.17) is 15.2 Å². The molecule has 5 heteroatoms. The summed E-state index contributed by atoms with van der Waals surface area (Å²) in [6.45, 7) is 0.514. The number of hydrogen-bond acceptors (Lipinski definition) is 3. The van der Waals surface area contributed by atoms with Crippen molar-refractivity contribution in [1.29, 1.82) is 0 Å². The Morgan fingerprint density at radius 2 is 2.29 bits per heavy atom. The summed E-state index contributed by atoms with van der Waals surface area (Å²) in [5.41, 5.74) is 6.88. The lowest BCUT2D eigenvalue weighted by Gasteiger charge is -2.10.